The van der Waals surface area contributed by atoms with Crippen LogP contribution in [0.1, 0.15) is 21.6 Å². The Kier molecular flexibility index (Phi) is 5.52. The van der Waals surface area contributed by atoms with Crippen molar-refractivity contribution in [3.63, 3.8) is 0 Å². The van der Waals surface area contributed by atoms with Gasteiger partial charge in [-0.3, -0.25) is 4.79 Å². The van der Waals surface area contributed by atoms with Gasteiger partial charge in [-0.1, -0.05) is 30.3 Å². The molecule has 4 rings (SSSR count). The summed E-state index contributed by atoms with van der Waals surface area (Å²) in [7, 11) is 0. The molecule has 0 atom stereocenters. The van der Waals surface area contributed by atoms with Crippen molar-refractivity contribution in [1.82, 2.24) is 14.7 Å². The van der Waals surface area contributed by atoms with Crippen molar-refractivity contribution in [3.8, 4) is 5.75 Å². The number of fused-ring (bicyclic) bond motifs is 1. The lowest BCUT2D eigenvalue weighted by molar-refractivity contribution is 0.0949. The Labute approximate surface area is 167 Å². The molecule has 0 bridgehead atoms. The average Bonchev–Trinajstić information content (AvgIpc) is 3.16. The summed E-state index contributed by atoms with van der Waals surface area (Å²) in [5.74, 6) is -0.00957. The summed E-state index contributed by atoms with van der Waals surface area (Å²) in [5.41, 5.74) is 3.09. The number of carbonyl (C=O) groups is 1. The highest BCUT2D eigenvalue weighted by molar-refractivity contribution is 5.96. The standard InChI is InChI=1S/C23H20FN3O2/c24-18-10-8-17(9-11-18)16-29-21-6-2-1-5-20(21)23(28)25-13-12-19-15-27-14-4-3-7-22(27)26-19/h1-11,14-15H,12-13,16H2,(H,25,28). The predicted octanol–water partition coefficient (Wildman–Crippen LogP) is 4.02. The zero-order chi connectivity index (χ0) is 20.1. The molecule has 2 heterocycles. The van der Waals surface area contributed by atoms with Crippen molar-refractivity contribution in [2.45, 2.75) is 13.0 Å². The van der Waals surface area contributed by atoms with Crippen LogP contribution in [0.4, 0.5) is 4.39 Å². The van der Waals surface area contributed by atoms with Gasteiger partial charge in [0, 0.05) is 25.4 Å². The second kappa shape index (κ2) is 8.56. The summed E-state index contributed by atoms with van der Waals surface area (Å²) in [6.45, 7) is 0.723. The van der Waals surface area contributed by atoms with Crippen LogP contribution in [0.2, 0.25) is 0 Å². The van der Waals surface area contributed by atoms with Gasteiger partial charge in [-0.05, 0) is 42.0 Å². The van der Waals surface area contributed by atoms with Gasteiger partial charge in [0.25, 0.3) is 5.91 Å². The number of imidazole rings is 1. The number of nitrogens with one attached hydrogen (secondary N) is 1. The first-order valence-corrected chi connectivity index (χ1v) is 9.36. The van der Waals surface area contributed by atoms with E-state index in [1.54, 1.807) is 30.3 Å². The Balaban J connectivity index is 1.36. The fourth-order valence-electron chi connectivity index (χ4n) is 3.03. The molecule has 0 aliphatic heterocycles. The molecular formula is C23H20FN3O2. The topological polar surface area (TPSA) is 55.6 Å². The normalized spacial score (nSPS) is 10.8. The zero-order valence-corrected chi connectivity index (χ0v) is 15.7. The van der Waals surface area contributed by atoms with E-state index in [4.69, 9.17) is 4.74 Å². The predicted molar refractivity (Wildman–Crippen MR) is 108 cm³/mol. The van der Waals surface area contributed by atoms with Crippen molar-refractivity contribution in [1.29, 1.82) is 0 Å². The maximum atomic E-state index is 13.0. The van der Waals surface area contributed by atoms with Gasteiger partial charge < -0.3 is 14.5 Å². The minimum atomic E-state index is -0.292. The van der Waals surface area contributed by atoms with E-state index < -0.39 is 0 Å². The van der Waals surface area contributed by atoms with Gasteiger partial charge in [-0.2, -0.15) is 0 Å². The van der Waals surface area contributed by atoms with Crippen molar-refractivity contribution in [2.24, 2.45) is 0 Å². The molecule has 5 nitrogen and oxygen atoms in total. The molecule has 0 unspecified atom stereocenters. The van der Waals surface area contributed by atoms with E-state index in [0.717, 1.165) is 16.9 Å². The maximum Gasteiger partial charge on any atom is 0.255 e. The summed E-state index contributed by atoms with van der Waals surface area (Å²) in [5, 5.41) is 2.92. The van der Waals surface area contributed by atoms with Crippen LogP contribution in [0.25, 0.3) is 5.65 Å². The maximum absolute atomic E-state index is 13.0. The van der Waals surface area contributed by atoms with Crippen LogP contribution in [-0.2, 0) is 13.0 Å². The van der Waals surface area contributed by atoms with Crippen molar-refractivity contribution in [2.75, 3.05) is 6.54 Å². The van der Waals surface area contributed by atoms with Gasteiger partial charge in [0.1, 0.15) is 23.8 Å². The van der Waals surface area contributed by atoms with Gasteiger partial charge in [-0.15, -0.1) is 0 Å². The zero-order valence-electron chi connectivity index (χ0n) is 15.7. The molecule has 6 heteroatoms. The number of carbonyl (C=O) groups excluding carboxylic acids is 1. The molecule has 29 heavy (non-hydrogen) atoms. The van der Waals surface area contributed by atoms with Crippen LogP contribution in [0, 0.1) is 5.82 Å². The summed E-state index contributed by atoms with van der Waals surface area (Å²) >= 11 is 0. The van der Waals surface area contributed by atoms with E-state index >= 15 is 0 Å². The molecule has 2 aromatic heterocycles. The van der Waals surface area contributed by atoms with E-state index in [1.807, 2.05) is 41.1 Å². The number of para-hydroxylation sites is 1. The molecule has 0 radical (unpaired) electrons. The van der Waals surface area contributed by atoms with Crippen molar-refractivity contribution >= 4 is 11.6 Å². The molecule has 0 aliphatic carbocycles. The largest absolute Gasteiger partial charge is 0.488 e. The van der Waals surface area contributed by atoms with Gasteiger partial charge in [-0.25, -0.2) is 9.37 Å². The van der Waals surface area contributed by atoms with Crippen LogP contribution < -0.4 is 10.1 Å². The molecule has 0 fully saturated rings. The first kappa shape index (κ1) is 18.7. The number of nitrogens with zero attached hydrogens (tertiary/aromatic N) is 2. The Morgan fingerprint density at radius 2 is 1.83 bits per heavy atom. The number of aromatic nitrogens is 2. The molecule has 1 N–H and O–H groups in total. The highest BCUT2D eigenvalue weighted by Gasteiger charge is 2.12. The minimum absolute atomic E-state index is 0.205. The number of rotatable bonds is 7. The third-order valence-electron chi connectivity index (χ3n) is 4.52. The molecule has 2 aromatic carbocycles. The number of hydrogen-bond acceptors (Lipinski definition) is 3. The summed E-state index contributed by atoms with van der Waals surface area (Å²) in [6, 6.07) is 19.0. The number of pyridine rings is 1. The van der Waals surface area contributed by atoms with E-state index in [-0.39, 0.29) is 18.3 Å². The van der Waals surface area contributed by atoms with E-state index in [1.165, 1.54) is 12.1 Å². The smallest absolute Gasteiger partial charge is 0.255 e. The molecule has 0 aliphatic rings. The van der Waals surface area contributed by atoms with Crippen LogP contribution in [-0.4, -0.2) is 21.8 Å². The van der Waals surface area contributed by atoms with Gasteiger partial charge in [0.05, 0.1) is 11.3 Å². The van der Waals surface area contributed by atoms with Gasteiger partial charge in [0.2, 0.25) is 0 Å². The summed E-state index contributed by atoms with van der Waals surface area (Å²) < 4.78 is 20.8. The number of amides is 1. The third kappa shape index (κ3) is 4.60. The van der Waals surface area contributed by atoms with Gasteiger partial charge in [0.15, 0.2) is 0 Å². The molecule has 0 spiro atoms. The monoisotopic (exact) mass is 389 g/mol. The molecule has 0 saturated carbocycles. The Bertz CT molecular complexity index is 1090. The Morgan fingerprint density at radius 3 is 2.66 bits per heavy atom. The first-order valence-electron chi connectivity index (χ1n) is 9.36. The number of ether oxygens (including phenoxy) is 1. The van der Waals surface area contributed by atoms with Crippen LogP contribution in [0.3, 0.4) is 0 Å². The number of halogens is 1. The summed E-state index contributed by atoms with van der Waals surface area (Å²) in [6.07, 6.45) is 4.53. The van der Waals surface area contributed by atoms with Crippen LogP contribution in [0.5, 0.6) is 5.75 Å². The van der Waals surface area contributed by atoms with Crippen molar-refractivity contribution in [3.05, 3.63) is 102 Å². The molecule has 146 valence electrons. The fraction of sp³-hybridized carbons (Fsp3) is 0.130. The van der Waals surface area contributed by atoms with Crippen LogP contribution >= 0.6 is 0 Å². The molecule has 4 aromatic rings. The highest BCUT2D eigenvalue weighted by Crippen LogP contribution is 2.19. The van der Waals surface area contributed by atoms with Crippen LogP contribution in [0.15, 0.2) is 79.1 Å². The van der Waals surface area contributed by atoms with E-state index in [0.29, 0.717) is 24.3 Å². The molecule has 1 amide bonds. The second-order valence-corrected chi connectivity index (χ2v) is 6.62. The molecule has 0 saturated heterocycles. The van der Waals surface area contributed by atoms with Crippen molar-refractivity contribution < 1.29 is 13.9 Å². The lowest BCUT2D eigenvalue weighted by atomic mass is 10.2. The van der Waals surface area contributed by atoms with Gasteiger partial charge >= 0.3 is 0 Å². The van der Waals surface area contributed by atoms with E-state index in [9.17, 15) is 9.18 Å². The number of hydrogen-bond donors (Lipinski definition) is 1. The Morgan fingerprint density at radius 1 is 1.03 bits per heavy atom. The lowest BCUT2D eigenvalue weighted by Crippen LogP contribution is -2.26. The third-order valence-corrected chi connectivity index (χ3v) is 4.52. The second-order valence-electron chi connectivity index (χ2n) is 6.62. The Hall–Kier alpha value is -3.67. The number of benzene rings is 2. The quantitative estimate of drug-likeness (QED) is 0.519. The lowest BCUT2D eigenvalue weighted by Gasteiger charge is -2.11. The van der Waals surface area contributed by atoms with E-state index in [2.05, 4.69) is 10.3 Å². The fourth-order valence-corrected chi connectivity index (χ4v) is 3.03. The molecular weight excluding hydrogens is 369 g/mol. The minimum Gasteiger partial charge on any atom is -0.488 e. The summed E-state index contributed by atoms with van der Waals surface area (Å²) in [4.78, 5) is 17.1. The SMILES string of the molecule is O=C(NCCc1cn2ccccc2n1)c1ccccc1OCc1ccc(F)cc1. The first-order chi connectivity index (χ1) is 14.2. The average molecular weight is 389 g/mol. The highest BCUT2D eigenvalue weighted by atomic mass is 19.1.